The highest BCUT2D eigenvalue weighted by molar-refractivity contribution is 7.89. The van der Waals surface area contributed by atoms with Crippen molar-refractivity contribution in [2.24, 2.45) is 0 Å². The summed E-state index contributed by atoms with van der Waals surface area (Å²) in [6, 6.07) is 8.15. The summed E-state index contributed by atoms with van der Waals surface area (Å²) < 4.78 is 54.7. The average molecular weight is 498 g/mol. The van der Waals surface area contributed by atoms with Crippen LogP contribution in [0.15, 0.2) is 52.4 Å². The molecule has 0 radical (unpaired) electrons. The van der Waals surface area contributed by atoms with Gasteiger partial charge in [0.1, 0.15) is 10.7 Å². The van der Waals surface area contributed by atoms with Gasteiger partial charge >= 0.3 is 0 Å². The molecule has 13 heteroatoms. The molecule has 0 aliphatic carbocycles. The van der Waals surface area contributed by atoms with Crippen LogP contribution in [0.25, 0.3) is 0 Å². The molecule has 1 unspecified atom stereocenters. The molecular weight excluding hydrogens is 470 g/mol. The van der Waals surface area contributed by atoms with Gasteiger partial charge in [-0.25, -0.2) is 26.5 Å². The largest absolute Gasteiger partial charge is 0.354 e. The zero-order valence-electron chi connectivity index (χ0n) is 18.4. The second kappa shape index (κ2) is 10.1. The van der Waals surface area contributed by atoms with E-state index in [1.165, 1.54) is 40.8 Å². The van der Waals surface area contributed by atoms with Gasteiger partial charge in [-0.15, -0.1) is 0 Å². The maximum atomic E-state index is 13.0. The molecule has 2 heterocycles. The molecule has 11 nitrogen and oxygen atoms in total. The number of nitro groups is 1. The molecule has 33 heavy (non-hydrogen) atoms. The first-order chi connectivity index (χ1) is 15.6. The molecule has 2 aromatic rings. The quantitative estimate of drug-likeness (QED) is 0.409. The Hall–Kier alpha value is -2.61. The first-order valence-electron chi connectivity index (χ1n) is 10.5. The number of piperazine rings is 1. The lowest BCUT2D eigenvalue weighted by molar-refractivity contribution is -0.387. The van der Waals surface area contributed by atoms with E-state index in [9.17, 15) is 26.9 Å². The van der Waals surface area contributed by atoms with Crippen molar-refractivity contribution in [3.05, 3.63) is 52.7 Å². The highest BCUT2D eigenvalue weighted by Gasteiger charge is 2.33. The summed E-state index contributed by atoms with van der Waals surface area (Å²) in [6.07, 6.45) is 2.87. The monoisotopic (exact) mass is 497 g/mol. The van der Waals surface area contributed by atoms with Crippen molar-refractivity contribution in [3.8, 4) is 0 Å². The van der Waals surface area contributed by atoms with Gasteiger partial charge < -0.3 is 4.90 Å². The first kappa shape index (κ1) is 25.0. The molecule has 0 bridgehead atoms. The van der Waals surface area contributed by atoms with Crippen molar-refractivity contribution in [2.75, 3.05) is 31.1 Å². The number of rotatable bonds is 9. The molecule has 1 aliphatic rings. The van der Waals surface area contributed by atoms with Gasteiger partial charge in [0.05, 0.1) is 4.92 Å². The number of para-hydroxylation sites is 1. The van der Waals surface area contributed by atoms with Crippen LogP contribution in [-0.2, 0) is 20.0 Å². The van der Waals surface area contributed by atoms with Gasteiger partial charge in [-0.2, -0.15) is 4.31 Å². The number of benzene rings is 1. The van der Waals surface area contributed by atoms with Gasteiger partial charge in [0.25, 0.3) is 5.69 Å². The maximum absolute atomic E-state index is 13.0. The lowest BCUT2D eigenvalue weighted by Gasteiger charge is -2.34. The van der Waals surface area contributed by atoms with Crippen LogP contribution in [0, 0.1) is 10.1 Å². The van der Waals surface area contributed by atoms with E-state index in [-0.39, 0.29) is 28.9 Å². The first-order valence-corrected chi connectivity index (χ1v) is 13.5. The molecule has 0 saturated carbocycles. The second-order valence-electron chi connectivity index (χ2n) is 7.78. The molecule has 1 N–H and O–H groups in total. The minimum absolute atomic E-state index is 0.0619. The standard InChI is InChI=1S/C20H27N5O6S2/c1-3-6-16(2)22-32(28,29)17-9-10-20(21-15-17)23-11-13-24(14-12-23)33(30,31)19-8-5-4-7-18(19)25(26)27/h4-5,7-10,15-16,22H,3,6,11-14H2,1-2H3. The fourth-order valence-electron chi connectivity index (χ4n) is 3.67. The van der Waals surface area contributed by atoms with Crippen LogP contribution in [0.3, 0.4) is 0 Å². The third-order valence-corrected chi connectivity index (χ3v) is 8.87. The van der Waals surface area contributed by atoms with Crippen LogP contribution < -0.4 is 9.62 Å². The minimum Gasteiger partial charge on any atom is -0.354 e. The third-order valence-electron chi connectivity index (χ3n) is 5.35. The number of hydrogen-bond donors (Lipinski definition) is 1. The van der Waals surface area contributed by atoms with Crippen LogP contribution in [0.1, 0.15) is 26.7 Å². The van der Waals surface area contributed by atoms with Crippen molar-refractivity contribution in [2.45, 2.75) is 42.5 Å². The molecule has 3 rings (SSSR count). The van der Waals surface area contributed by atoms with E-state index in [1.54, 1.807) is 13.0 Å². The number of hydrogen-bond acceptors (Lipinski definition) is 8. The minimum atomic E-state index is -4.03. The Morgan fingerprint density at radius 3 is 2.33 bits per heavy atom. The summed E-state index contributed by atoms with van der Waals surface area (Å²) in [5.41, 5.74) is -0.458. The van der Waals surface area contributed by atoms with Gasteiger partial charge in [-0.05, 0) is 31.5 Å². The Morgan fingerprint density at radius 2 is 1.76 bits per heavy atom. The SMILES string of the molecule is CCCC(C)NS(=O)(=O)c1ccc(N2CCN(S(=O)(=O)c3ccccc3[N+](=O)[O-])CC2)nc1. The van der Waals surface area contributed by atoms with Crippen LogP contribution in [0.5, 0.6) is 0 Å². The number of anilines is 1. The topological polar surface area (TPSA) is 143 Å². The predicted octanol–water partition coefficient (Wildman–Crippen LogP) is 1.97. The van der Waals surface area contributed by atoms with E-state index in [0.29, 0.717) is 18.9 Å². The Balaban J connectivity index is 1.68. The highest BCUT2D eigenvalue weighted by atomic mass is 32.2. The molecule has 1 aromatic carbocycles. The Labute approximate surface area is 193 Å². The second-order valence-corrected chi connectivity index (χ2v) is 11.4. The highest BCUT2D eigenvalue weighted by Crippen LogP contribution is 2.27. The van der Waals surface area contributed by atoms with E-state index >= 15 is 0 Å². The molecule has 1 aliphatic heterocycles. The number of aromatic nitrogens is 1. The zero-order valence-corrected chi connectivity index (χ0v) is 20.0. The molecule has 1 saturated heterocycles. The fraction of sp³-hybridized carbons (Fsp3) is 0.450. The predicted molar refractivity (Wildman–Crippen MR) is 123 cm³/mol. The average Bonchev–Trinajstić information content (AvgIpc) is 2.79. The van der Waals surface area contributed by atoms with Crippen LogP contribution in [0.2, 0.25) is 0 Å². The van der Waals surface area contributed by atoms with Gasteiger partial charge in [-0.1, -0.05) is 25.5 Å². The lowest BCUT2D eigenvalue weighted by atomic mass is 10.2. The van der Waals surface area contributed by atoms with Crippen LogP contribution in [0.4, 0.5) is 11.5 Å². The molecule has 0 amide bonds. The Bertz CT molecular complexity index is 1190. The summed E-state index contributed by atoms with van der Waals surface area (Å²) in [7, 11) is -7.70. The molecular formula is C20H27N5O6S2. The zero-order chi connectivity index (χ0) is 24.2. The third kappa shape index (κ3) is 5.66. The van der Waals surface area contributed by atoms with Crippen LogP contribution >= 0.6 is 0 Å². The van der Waals surface area contributed by atoms with E-state index in [4.69, 9.17) is 0 Å². The molecule has 0 spiro atoms. The van der Waals surface area contributed by atoms with Crippen molar-refractivity contribution >= 4 is 31.6 Å². The Kier molecular flexibility index (Phi) is 7.67. The van der Waals surface area contributed by atoms with Gasteiger partial charge in [0.2, 0.25) is 20.0 Å². The van der Waals surface area contributed by atoms with Crippen molar-refractivity contribution < 1.29 is 21.8 Å². The summed E-state index contributed by atoms with van der Waals surface area (Å²) in [5, 5.41) is 11.2. The number of nitrogens with zero attached hydrogens (tertiary/aromatic N) is 4. The number of nitrogens with one attached hydrogen (secondary N) is 1. The summed E-state index contributed by atoms with van der Waals surface area (Å²) in [6.45, 7) is 4.64. The number of sulfonamides is 2. The van der Waals surface area contributed by atoms with E-state index in [0.717, 1.165) is 12.8 Å². The van der Waals surface area contributed by atoms with Crippen LogP contribution in [-0.4, -0.2) is 63.3 Å². The van der Waals surface area contributed by atoms with Gasteiger partial charge in [0, 0.05) is 44.5 Å². The fourth-order valence-corrected chi connectivity index (χ4v) is 6.47. The summed E-state index contributed by atoms with van der Waals surface area (Å²) >= 11 is 0. The maximum Gasteiger partial charge on any atom is 0.289 e. The normalized spacial score (nSPS) is 16.5. The molecule has 1 fully saturated rings. The molecule has 1 atom stereocenters. The lowest BCUT2D eigenvalue weighted by Crippen LogP contribution is -2.49. The molecule has 1 aromatic heterocycles. The number of nitro benzene ring substituents is 1. The molecule has 180 valence electrons. The van der Waals surface area contributed by atoms with Crippen molar-refractivity contribution in [1.29, 1.82) is 0 Å². The summed E-state index contributed by atoms with van der Waals surface area (Å²) in [5.74, 6) is 0.526. The van der Waals surface area contributed by atoms with E-state index < -0.39 is 30.7 Å². The van der Waals surface area contributed by atoms with Crippen molar-refractivity contribution in [3.63, 3.8) is 0 Å². The van der Waals surface area contributed by atoms with E-state index in [2.05, 4.69) is 9.71 Å². The number of pyridine rings is 1. The van der Waals surface area contributed by atoms with Gasteiger partial charge in [-0.3, -0.25) is 10.1 Å². The van der Waals surface area contributed by atoms with Crippen molar-refractivity contribution in [1.82, 2.24) is 14.0 Å². The van der Waals surface area contributed by atoms with Gasteiger partial charge in [0.15, 0.2) is 4.90 Å². The van der Waals surface area contributed by atoms with E-state index in [1.807, 2.05) is 11.8 Å². The summed E-state index contributed by atoms with van der Waals surface area (Å²) in [4.78, 5) is 16.4. The Morgan fingerprint density at radius 1 is 1.09 bits per heavy atom. The smallest absolute Gasteiger partial charge is 0.289 e.